The van der Waals surface area contributed by atoms with Crippen molar-refractivity contribution in [2.45, 2.75) is 20.3 Å². The number of H-pyrrole nitrogens is 1. The second-order valence-electron chi connectivity index (χ2n) is 4.64. The van der Waals surface area contributed by atoms with Gasteiger partial charge in [0, 0.05) is 18.2 Å². The zero-order chi connectivity index (χ0) is 14.0. The minimum Gasteiger partial charge on any atom is -0.477 e. The van der Waals surface area contributed by atoms with Gasteiger partial charge in [-0.15, -0.1) is 0 Å². The summed E-state index contributed by atoms with van der Waals surface area (Å²) in [5, 5.41) is 8.81. The van der Waals surface area contributed by atoms with Gasteiger partial charge in [0.2, 0.25) is 0 Å². The molecule has 1 aromatic carbocycles. The summed E-state index contributed by atoms with van der Waals surface area (Å²) in [7, 11) is 0. The third-order valence-electron chi connectivity index (χ3n) is 3.09. The summed E-state index contributed by atoms with van der Waals surface area (Å²) < 4.78 is 0. The third-order valence-corrected chi connectivity index (χ3v) is 3.09. The van der Waals surface area contributed by atoms with Gasteiger partial charge in [0.1, 0.15) is 5.69 Å². The first-order valence-electron chi connectivity index (χ1n) is 5.98. The number of carbonyl (C=O) groups excluding carboxylic acids is 1. The lowest BCUT2D eigenvalue weighted by atomic mass is 9.99. The Morgan fingerprint density at radius 3 is 2.58 bits per heavy atom. The van der Waals surface area contributed by atoms with Gasteiger partial charge in [-0.2, -0.15) is 0 Å². The number of hydrogen-bond donors (Lipinski definition) is 2. The molecule has 0 aliphatic heterocycles. The van der Waals surface area contributed by atoms with Crippen LogP contribution in [0.4, 0.5) is 0 Å². The van der Waals surface area contributed by atoms with E-state index >= 15 is 0 Å². The van der Waals surface area contributed by atoms with E-state index < -0.39 is 5.97 Å². The second-order valence-corrected chi connectivity index (χ2v) is 4.64. The summed E-state index contributed by atoms with van der Waals surface area (Å²) in [5.41, 5.74) is 3.58. The van der Waals surface area contributed by atoms with Gasteiger partial charge < -0.3 is 10.1 Å². The fourth-order valence-electron chi connectivity index (χ4n) is 1.94. The molecule has 4 nitrogen and oxygen atoms in total. The first-order valence-corrected chi connectivity index (χ1v) is 5.98. The average molecular weight is 257 g/mol. The van der Waals surface area contributed by atoms with Gasteiger partial charge in [0.15, 0.2) is 5.78 Å². The second kappa shape index (κ2) is 5.10. The summed E-state index contributed by atoms with van der Waals surface area (Å²) in [6.07, 6.45) is 1.72. The molecule has 0 spiro atoms. The predicted molar refractivity (Wildman–Crippen MR) is 71.7 cm³/mol. The third kappa shape index (κ3) is 2.91. The van der Waals surface area contributed by atoms with Crippen LogP contribution in [0, 0.1) is 13.8 Å². The number of carboxylic acid groups (broad SMARTS) is 1. The molecule has 0 aliphatic rings. The fourth-order valence-corrected chi connectivity index (χ4v) is 1.94. The maximum absolute atomic E-state index is 12.1. The summed E-state index contributed by atoms with van der Waals surface area (Å²) in [4.78, 5) is 25.4. The van der Waals surface area contributed by atoms with E-state index in [0.717, 1.165) is 16.7 Å². The highest BCUT2D eigenvalue weighted by atomic mass is 16.4. The van der Waals surface area contributed by atoms with E-state index in [1.807, 2.05) is 32.0 Å². The van der Waals surface area contributed by atoms with E-state index in [1.165, 1.54) is 12.3 Å². The highest BCUT2D eigenvalue weighted by Crippen LogP contribution is 2.14. The van der Waals surface area contributed by atoms with Crippen molar-refractivity contribution in [3.8, 4) is 0 Å². The molecule has 0 saturated heterocycles. The van der Waals surface area contributed by atoms with Crippen molar-refractivity contribution >= 4 is 11.8 Å². The molecule has 1 aromatic heterocycles. The number of benzene rings is 1. The highest BCUT2D eigenvalue weighted by Gasteiger charge is 2.13. The standard InChI is InChI=1S/C15H15NO3/c1-9-3-4-10(2)11(5-9)7-14(17)12-6-13(15(18)19)16-8-12/h3-6,8,16H,7H2,1-2H3,(H,18,19). The Morgan fingerprint density at radius 2 is 1.95 bits per heavy atom. The summed E-state index contributed by atoms with van der Waals surface area (Å²) >= 11 is 0. The molecule has 0 unspecified atom stereocenters. The number of aryl methyl sites for hydroxylation is 2. The zero-order valence-corrected chi connectivity index (χ0v) is 10.9. The Balaban J connectivity index is 2.20. The first-order chi connectivity index (χ1) is 8.97. The molecular weight excluding hydrogens is 242 g/mol. The summed E-state index contributed by atoms with van der Waals surface area (Å²) in [6, 6.07) is 7.34. The van der Waals surface area contributed by atoms with Gasteiger partial charge in [-0.05, 0) is 31.0 Å². The zero-order valence-electron chi connectivity index (χ0n) is 10.9. The number of carbonyl (C=O) groups is 2. The Hall–Kier alpha value is -2.36. The number of Topliss-reactive ketones (excluding diaryl/α,β-unsaturated/α-hetero) is 1. The fraction of sp³-hybridized carbons (Fsp3) is 0.200. The van der Waals surface area contributed by atoms with E-state index in [4.69, 9.17) is 5.11 Å². The number of aromatic nitrogens is 1. The van der Waals surface area contributed by atoms with E-state index in [2.05, 4.69) is 4.98 Å². The Bertz CT molecular complexity index is 641. The molecule has 0 bridgehead atoms. The van der Waals surface area contributed by atoms with Crippen molar-refractivity contribution in [1.29, 1.82) is 0 Å². The Kier molecular flexibility index (Phi) is 3.51. The molecule has 0 radical (unpaired) electrons. The summed E-state index contributed by atoms with van der Waals surface area (Å²) in [5.74, 6) is -1.15. The smallest absolute Gasteiger partial charge is 0.352 e. The SMILES string of the molecule is Cc1ccc(C)c(CC(=O)c2c[nH]c(C(=O)O)c2)c1. The number of ketones is 1. The number of aromatic amines is 1. The minimum atomic E-state index is -1.06. The molecule has 1 heterocycles. The summed E-state index contributed by atoms with van der Waals surface area (Å²) in [6.45, 7) is 3.94. The van der Waals surface area contributed by atoms with Gasteiger partial charge in [-0.3, -0.25) is 4.79 Å². The van der Waals surface area contributed by atoms with Gasteiger partial charge in [0.05, 0.1) is 0 Å². The van der Waals surface area contributed by atoms with Crippen LogP contribution in [0.3, 0.4) is 0 Å². The van der Waals surface area contributed by atoms with Crippen LogP contribution in [0.5, 0.6) is 0 Å². The van der Waals surface area contributed by atoms with Gasteiger partial charge >= 0.3 is 5.97 Å². The lowest BCUT2D eigenvalue weighted by Gasteiger charge is -2.05. The number of carboxylic acids is 1. The predicted octanol–water partition coefficient (Wildman–Crippen LogP) is 2.76. The van der Waals surface area contributed by atoms with Crippen molar-refractivity contribution in [3.63, 3.8) is 0 Å². The van der Waals surface area contributed by atoms with Crippen LogP contribution in [0.25, 0.3) is 0 Å². The number of nitrogens with one attached hydrogen (secondary N) is 1. The highest BCUT2D eigenvalue weighted by molar-refractivity contribution is 5.99. The van der Waals surface area contributed by atoms with Gasteiger partial charge in [-0.25, -0.2) is 4.79 Å². The number of rotatable bonds is 4. The molecule has 98 valence electrons. The molecule has 0 atom stereocenters. The lowest BCUT2D eigenvalue weighted by Crippen LogP contribution is -2.04. The molecule has 0 fully saturated rings. The van der Waals surface area contributed by atoms with Crippen molar-refractivity contribution in [3.05, 3.63) is 58.4 Å². The van der Waals surface area contributed by atoms with E-state index in [9.17, 15) is 9.59 Å². The van der Waals surface area contributed by atoms with Crippen LogP contribution in [0.1, 0.15) is 37.5 Å². The van der Waals surface area contributed by atoms with Crippen molar-refractivity contribution in [2.75, 3.05) is 0 Å². The average Bonchev–Trinajstić information content (AvgIpc) is 2.83. The van der Waals surface area contributed by atoms with E-state index in [-0.39, 0.29) is 17.9 Å². The minimum absolute atomic E-state index is 0.0318. The van der Waals surface area contributed by atoms with Crippen LogP contribution in [0.2, 0.25) is 0 Å². The van der Waals surface area contributed by atoms with Gasteiger partial charge in [0.25, 0.3) is 0 Å². The lowest BCUT2D eigenvalue weighted by molar-refractivity contribution is 0.0691. The molecule has 4 heteroatoms. The van der Waals surface area contributed by atoms with Crippen molar-refractivity contribution < 1.29 is 14.7 Å². The molecular formula is C15H15NO3. The maximum atomic E-state index is 12.1. The maximum Gasteiger partial charge on any atom is 0.352 e. The Labute approximate surface area is 111 Å². The molecule has 0 aliphatic carbocycles. The van der Waals surface area contributed by atoms with Crippen LogP contribution in [-0.2, 0) is 6.42 Å². The quantitative estimate of drug-likeness (QED) is 0.827. The monoisotopic (exact) mass is 257 g/mol. The normalized spacial score (nSPS) is 10.4. The molecule has 2 aromatic rings. The van der Waals surface area contributed by atoms with Gasteiger partial charge in [-0.1, -0.05) is 23.8 Å². The van der Waals surface area contributed by atoms with Crippen LogP contribution >= 0.6 is 0 Å². The first kappa shape index (κ1) is 13.1. The van der Waals surface area contributed by atoms with E-state index in [1.54, 1.807) is 0 Å². The molecule has 0 saturated carbocycles. The number of aromatic carboxylic acids is 1. The van der Waals surface area contributed by atoms with Crippen LogP contribution in [0.15, 0.2) is 30.5 Å². The van der Waals surface area contributed by atoms with Crippen molar-refractivity contribution in [1.82, 2.24) is 4.98 Å². The largest absolute Gasteiger partial charge is 0.477 e. The topological polar surface area (TPSA) is 70.2 Å². The van der Waals surface area contributed by atoms with Crippen molar-refractivity contribution in [2.24, 2.45) is 0 Å². The Morgan fingerprint density at radius 1 is 1.21 bits per heavy atom. The molecule has 2 N–H and O–H groups in total. The number of hydrogen-bond acceptors (Lipinski definition) is 2. The molecule has 19 heavy (non-hydrogen) atoms. The molecule has 2 rings (SSSR count). The van der Waals surface area contributed by atoms with Crippen LogP contribution < -0.4 is 0 Å². The van der Waals surface area contributed by atoms with Crippen LogP contribution in [-0.4, -0.2) is 21.8 Å². The molecule has 0 amide bonds. The van der Waals surface area contributed by atoms with E-state index in [0.29, 0.717) is 5.56 Å².